The van der Waals surface area contributed by atoms with Crippen molar-refractivity contribution in [3.8, 4) is 11.5 Å². The topological polar surface area (TPSA) is 38.7 Å². The average Bonchev–Trinajstić information content (AvgIpc) is 3.32. The molecule has 1 unspecified atom stereocenters. The number of hydrogen-bond acceptors (Lipinski definition) is 3. The second-order valence-corrected chi connectivity index (χ2v) is 6.03. The Morgan fingerprint density at radius 2 is 1.76 bits per heavy atom. The van der Waals surface area contributed by atoms with E-state index in [9.17, 15) is 5.11 Å². The van der Waals surface area contributed by atoms with Crippen LogP contribution in [0.1, 0.15) is 30.1 Å². The molecule has 3 rings (SSSR count). The van der Waals surface area contributed by atoms with Crippen LogP contribution in [0.25, 0.3) is 0 Å². The van der Waals surface area contributed by atoms with Crippen LogP contribution >= 0.6 is 15.9 Å². The molecule has 0 radical (unpaired) electrons. The van der Waals surface area contributed by atoms with E-state index in [0.29, 0.717) is 6.10 Å². The Kier molecular flexibility index (Phi) is 4.17. The Morgan fingerprint density at radius 3 is 2.38 bits per heavy atom. The van der Waals surface area contributed by atoms with Gasteiger partial charge in [0.2, 0.25) is 0 Å². The highest BCUT2D eigenvalue weighted by atomic mass is 79.9. The van der Waals surface area contributed by atoms with Gasteiger partial charge in [0, 0.05) is 10.0 Å². The van der Waals surface area contributed by atoms with E-state index in [-0.39, 0.29) is 0 Å². The van der Waals surface area contributed by atoms with Gasteiger partial charge in [0.25, 0.3) is 0 Å². The van der Waals surface area contributed by atoms with E-state index < -0.39 is 6.10 Å². The lowest BCUT2D eigenvalue weighted by Crippen LogP contribution is -2.02. The van der Waals surface area contributed by atoms with Crippen molar-refractivity contribution in [3.63, 3.8) is 0 Å². The van der Waals surface area contributed by atoms with Crippen molar-refractivity contribution in [2.24, 2.45) is 0 Å². The molecule has 1 aliphatic rings. The highest BCUT2D eigenvalue weighted by molar-refractivity contribution is 9.10. The summed E-state index contributed by atoms with van der Waals surface area (Å²) in [4.78, 5) is 0. The zero-order chi connectivity index (χ0) is 14.8. The van der Waals surface area contributed by atoms with E-state index >= 15 is 0 Å². The largest absolute Gasteiger partial charge is 0.497 e. The maximum Gasteiger partial charge on any atom is 0.119 e. The minimum atomic E-state index is -0.704. The first-order chi connectivity index (χ1) is 10.2. The quantitative estimate of drug-likeness (QED) is 0.884. The monoisotopic (exact) mass is 348 g/mol. The lowest BCUT2D eigenvalue weighted by atomic mass is 10.0. The molecular weight excluding hydrogens is 332 g/mol. The van der Waals surface area contributed by atoms with Crippen LogP contribution in [-0.4, -0.2) is 18.3 Å². The van der Waals surface area contributed by atoms with Gasteiger partial charge in [-0.05, 0) is 48.7 Å². The number of aliphatic hydroxyl groups is 1. The van der Waals surface area contributed by atoms with Gasteiger partial charge >= 0.3 is 0 Å². The van der Waals surface area contributed by atoms with Gasteiger partial charge in [-0.2, -0.15) is 0 Å². The summed E-state index contributed by atoms with van der Waals surface area (Å²) in [6.07, 6.45) is 1.96. The third-order valence-electron chi connectivity index (χ3n) is 3.52. The van der Waals surface area contributed by atoms with Gasteiger partial charge in [-0.25, -0.2) is 0 Å². The SMILES string of the molecule is COc1ccc(Br)c(C(O)c2ccc(OC3CC3)cc2)c1. The van der Waals surface area contributed by atoms with Gasteiger partial charge in [-0.15, -0.1) is 0 Å². The Hall–Kier alpha value is -1.52. The van der Waals surface area contributed by atoms with E-state index in [1.807, 2.05) is 42.5 Å². The molecule has 0 bridgehead atoms. The molecule has 0 amide bonds. The third-order valence-corrected chi connectivity index (χ3v) is 4.24. The molecule has 1 N–H and O–H groups in total. The van der Waals surface area contributed by atoms with E-state index in [1.165, 1.54) is 0 Å². The lowest BCUT2D eigenvalue weighted by molar-refractivity contribution is 0.218. The molecule has 3 nitrogen and oxygen atoms in total. The minimum Gasteiger partial charge on any atom is -0.497 e. The highest BCUT2D eigenvalue weighted by Crippen LogP contribution is 2.33. The maximum absolute atomic E-state index is 10.6. The number of rotatable bonds is 5. The second kappa shape index (κ2) is 6.08. The van der Waals surface area contributed by atoms with Gasteiger partial charge in [0.1, 0.15) is 17.6 Å². The first-order valence-corrected chi connectivity index (χ1v) is 7.75. The summed E-state index contributed by atoms with van der Waals surface area (Å²) in [7, 11) is 1.61. The summed E-state index contributed by atoms with van der Waals surface area (Å²) in [6, 6.07) is 13.2. The summed E-state index contributed by atoms with van der Waals surface area (Å²) >= 11 is 3.47. The van der Waals surface area contributed by atoms with Crippen molar-refractivity contribution in [2.75, 3.05) is 7.11 Å². The Balaban J connectivity index is 1.81. The Bertz CT molecular complexity index is 620. The van der Waals surface area contributed by atoms with Crippen LogP contribution in [0, 0.1) is 0 Å². The highest BCUT2D eigenvalue weighted by Gasteiger charge is 2.23. The molecule has 0 saturated heterocycles. The molecule has 0 aliphatic heterocycles. The molecule has 21 heavy (non-hydrogen) atoms. The number of hydrogen-bond donors (Lipinski definition) is 1. The fourth-order valence-corrected chi connectivity index (χ4v) is 2.61. The van der Waals surface area contributed by atoms with Crippen LogP contribution in [0.5, 0.6) is 11.5 Å². The lowest BCUT2D eigenvalue weighted by Gasteiger charge is -2.15. The molecule has 2 aromatic rings. The van der Waals surface area contributed by atoms with Gasteiger partial charge in [0.05, 0.1) is 13.2 Å². The minimum absolute atomic E-state index is 0.383. The molecular formula is C17H17BrO3. The van der Waals surface area contributed by atoms with Crippen molar-refractivity contribution >= 4 is 15.9 Å². The fraction of sp³-hybridized carbons (Fsp3) is 0.294. The first-order valence-electron chi connectivity index (χ1n) is 6.95. The first kappa shape index (κ1) is 14.4. The van der Waals surface area contributed by atoms with Gasteiger partial charge in [-0.1, -0.05) is 28.1 Å². The molecule has 4 heteroatoms. The predicted molar refractivity (Wildman–Crippen MR) is 84.8 cm³/mol. The summed E-state index contributed by atoms with van der Waals surface area (Å²) in [5, 5.41) is 10.6. The molecule has 0 aromatic heterocycles. The standard InChI is InChI=1S/C17H17BrO3/c1-20-14-8-9-16(18)15(10-14)17(19)11-2-4-12(5-3-11)21-13-6-7-13/h2-5,8-10,13,17,19H,6-7H2,1H3. The van der Waals surface area contributed by atoms with Crippen molar-refractivity contribution in [1.29, 1.82) is 0 Å². The maximum atomic E-state index is 10.6. The summed E-state index contributed by atoms with van der Waals surface area (Å²) < 4.78 is 11.8. The second-order valence-electron chi connectivity index (χ2n) is 5.18. The van der Waals surface area contributed by atoms with Crippen LogP contribution < -0.4 is 9.47 Å². The van der Waals surface area contributed by atoms with Crippen LogP contribution in [0.4, 0.5) is 0 Å². The molecule has 110 valence electrons. The van der Waals surface area contributed by atoms with Crippen LogP contribution in [-0.2, 0) is 0 Å². The fourth-order valence-electron chi connectivity index (χ4n) is 2.14. The number of ether oxygens (including phenoxy) is 2. The molecule has 1 saturated carbocycles. The van der Waals surface area contributed by atoms with Gasteiger partial charge in [0.15, 0.2) is 0 Å². The number of halogens is 1. The molecule has 0 heterocycles. The van der Waals surface area contributed by atoms with Crippen molar-refractivity contribution in [3.05, 3.63) is 58.1 Å². The molecule has 1 fully saturated rings. The smallest absolute Gasteiger partial charge is 0.119 e. The predicted octanol–water partition coefficient (Wildman–Crippen LogP) is 4.08. The number of aliphatic hydroxyl groups excluding tert-OH is 1. The van der Waals surface area contributed by atoms with E-state index in [4.69, 9.17) is 9.47 Å². The number of methoxy groups -OCH3 is 1. The molecule has 0 spiro atoms. The zero-order valence-electron chi connectivity index (χ0n) is 11.8. The van der Waals surface area contributed by atoms with Gasteiger partial charge < -0.3 is 14.6 Å². The summed E-state index contributed by atoms with van der Waals surface area (Å²) in [6.45, 7) is 0. The number of benzene rings is 2. The normalized spacial score (nSPS) is 15.6. The zero-order valence-corrected chi connectivity index (χ0v) is 13.3. The van der Waals surface area contributed by atoms with Gasteiger partial charge in [-0.3, -0.25) is 0 Å². The van der Waals surface area contributed by atoms with E-state index in [2.05, 4.69) is 15.9 Å². The molecule has 2 aromatic carbocycles. The average molecular weight is 349 g/mol. The van der Waals surface area contributed by atoms with Crippen molar-refractivity contribution < 1.29 is 14.6 Å². The summed E-state index contributed by atoms with van der Waals surface area (Å²) in [5.74, 6) is 1.58. The Labute approximate surface area is 132 Å². The van der Waals surface area contributed by atoms with Crippen LogP contribution in [0.2, 0.25) is 0 Å². The van der Waals surface area contributed by atoms with E-state index in [1.54, 1.807) is 7.11 Å². The van der Waals surface area contributed by atoms with Crippen molar-refractivity contribution in [2.45, 2.75) is 25.0 Å². The Morgan fingerprint density at radius 1 is 1.10 bits per heavy atom. The molecule has 1 aliphatic carbocycles. The van der Waals surface area contributed by atoms with Crippen LogP contribution in [0.15, 0.2) is 46.9 Å². The van der Waals surface area contributed by atoms with E-state index in [0.717, 1.165) is 39.9 Å². The summed E-state index contributed by atoms with van der Waals surface area (Å²) in [5.41, 5.74) is 1.61. The molecule has 1 atom stereocenters. The third kappa shape index (κ3) is 3.39. The van der Waals surface area contributed by atoms with Crippen molar-refractivity contribution in [1.82, 2.24) is 0 Å². The van der Waals surface area contributed by atoms with Crippen LogP contribution in [0.3, 0.4) is 0 Å².